The van der Waals surface area contributed by atoms with Gasteiger partial charge in [-0.2, -0.15) is 0 Å². The van der Waals surface area contributed by atoms with E-state index in [-0.39, 0.29) is 30.7 Å². The molecular weight excluding hydrogens is 361 g/mol. The maximum Gasteiger partial charge on any atom is 0.317 e. The molecule has 2 aromatic rings. The third-order valence-electron chi connectivity index (χ3n) is 4.11. The molecule has 0 aliphatic carbocycles. The molecule has 0 spiro atoms. The summed E-state index contributed by atoms with van der Waals surface area (Å²) in [5.41, 5.74) is 0.675. The Bertz CT molecular complexity index is 804. The second-order valence-electron chi connectivity index (χ2n) is 6.02. The Balaban J connectivity index is 1.45. The molecule has 1 aliphatic rings. The average Bonchev–Trinajstić information content (AvgIpc) is 2.68. The van der Waals surface area contributed by atoms with Gasteiger partial charge in [0.1, 0.15) is 24.3 Å². The number of rotatable bonds is 5. The number of ether oxygens (including phenoxy) is 2. The van der Waals surface area contributed by atoms with E-state index in [0.29, 0.717) is 25.3 Å². The minimum atomic E-state index is -0.992. The van der Waals surface area contributed by atoms with Crippen molar-refractivity contribution in [2.45, 2.75) is 6.10 Å². The van der Waals surface area contributed by atoms with E-state index in [1.54, 1.807) is 17.0 Å². The second kappa shape index (κ2) is 8.77. The zero-order valence-corrected chi connectivity index (χ0v) is 14.5. The van der Waals surface area contributed by atoms with Crippen LogP contribution in [0.15, 0.2) is 42.5 Å². The molecular formula is C19H19F3N2O3. The van der Waals surface area contributed by atoms with Crippen molar-refractivity contribution < 1.29 is 27.4 Å². The van der Waals surface area contributed by atoms with E-state index in [1.165, 1.54) is 18.2 Å². The first-order chi connectivity index (χ1) is 13.0. The van der Waals surface area contributed by atoms with Crippen molar-refractivity contribution in [3.05, 3.63) is 65.5 Å². The number of hydrogen-bond donors (Lipinski definition) is 1. The van der Waals surface area contributed by atoms with Crippen LogP contribution in [0.3, 0.4) is 0 Å². The van der Waals surface area contributed by atoms with E-state index in [0.717, 1.165) is 12.1 Å². The number of amides is 2. The first-order valence-electron chi connectivity index (χ1n) is 8.50. The summed E-state index contributed by atoms with van der Waals surface area (Å²) >= 11 is 0. The lowest BCUT2D eigenvalue weighted by Gasteiger charge is -2.33. The number of carbonyl (C=O) groups is 1. The molecule has 0 saturated carbocycles. The van der Waals surface area contributed by atoms with Crippen molar-refractivity contribution in [1.29, 1.82) is 0 Å². The van der Waals surface area contributed by atoms with Crippen LogP contribution in [0.4, 0.5) is 18.0 Å². The summed E-state index contributed by atoms with van der Waals surface area (Å²) in [5, 5.41) is 2.70. The summed E-state index contributed by atoms with van der Waals surface area (Å²) in [5.74, 6) is -2.11. The molecule has 144 valence electrons. The molecule has 0 bridgehead atoms. The minimum Gasteiger partial charge on any atom is -0.492 e. The van der Waals surface area contributed by atoms with Gasteiger partial charge in [-0.05, 0) is 29.8 Å². The fourth-order valence-corrected chi connectivity index (χ4v) is 2.75. The standard InChI is InChI=1S/C19H19F3N2O3/c20-14-3-1-2-13(10-14)18-12-24(7-9-27-18)19(25)23-6-8-26-15-4-5-16(21)17(22)11-15/h1-5,10-11,18H,6-9,12H2,(H,23,25). The monoisotopic (exact) mass is 380 g/mol. The Morgan fingerprint density at radius 3 is 2.81 bits per heavy atom. The molecule has 8 heteroatoms. The Kier molecular flexibility index (Phi) is 6.18. The number of nitrogens with one attached hydrogen (secondary N) is 1. The van der Waals surface area contributed by atoms with Crippen molar-refractivity contribution in [3.63, 3.8) is 0 Å². The lowest BCUT2D eigenvalue weighted by atomic mass is 10.1. The maximum atomic E-state index is 13.4. The lowest BCUT2D eigenvalue weighted by molar-refractivity contribution is -0.0156. The van der Waals surface area contributed by atoms with Gasteiger partial charge >= 0.3 is 6.03 Å². The van der Waals surface area contributed by atoms with E-state index in [2.05, 4.69) is 5.32 Å². The number of urea groups is 1. The molecule has 1 heterocycles. The van der Waals surface area contributed by atoms with Gasteiger partial charge in [0.15, 0.2) is 11.6 Å². The molecule has 0 radical (unpaired) electrons. The third-order valence-corrected chi connectivity index (χ3v) is 4.11. The highest BCUT2D eigenvalue weighted by molar-refractivity contribution is 5.74. The summed E-state index contributed by atoms with van der Waals surface area (Å²) in [4.78, 5) is 13.9. The van der Waals surface area contributed by atoms with Gasteiger partial charge in [-0.1, -0.05) is 12.1 Å². The van der Waals surface area contributed by atoms with E-state index in [4.69, 9.17) is 9.47 Å². The predicted octanol–water partition coefficient (Wildman–Crippen LogP) is 3.27. The molecule has 1 atom stereocenters. The highest BCUT2D eigenvalue weighted by atomic mass is 19.2. The van der Waals surface area contributed by atoms with Crippen LogP contribution in [-0.4, -0.2) is 43.8 Å². The van der Waals surface area contributed by atoms with Gasteiger partial charge in [0.05, 0.1) is 19.7 Å². The van der Waals surface area contributed by atoms with Crippen molar-refractivity contribution in [3.8, 4) is 5.75 Å². The molecule has 3 rings (SSSR count). The first-order valence-corrected chi connectivity index (χ1v) is 8.50. The van der Waals surface area contributed by atoms with Crippen LogP contribution >= 0.6 is 0 Å². The Morgan fingerprint density at radius 1 is 1.19 bits per heavy atom. The van der Waals surface area contributed by atoms with Gasteiger partial charge in [-0.25, -0.2) is 18.0 Å². The average molecular weight is 380 g/mol. The molecule has 0 aromatic heterocycles. The van der Waals surface area contributed by atoms with Gasteiger partial charge in [-0.3, -0.25) is 0 Å². The summed E-state index contributed by atoms with van der Waals surface area (Å²) in [6.45, 7) is 1.37. The van der Waals surface area contributed by atoms with Gasteiger partial charge in [0.2, 0.25) is 0 Å². The predicted molar refractivity (Wildman–Crippen MR) is 91.9 cm³/mol. The Morgan fingerprint density at radius 2 is 2.04 bits per heavy atom. The zero-order valence-electron chi connectivity index (χ0n) is 14.5. The van der Waals surface area contributed by atoms with Gasteiger partial charge in [0, 0.05) is 12.6 Å². The second-order valence-corrected chi connectivity index (χ2v) is 6.02. The SMILES string of the molecule is O=C(NCCOc1ccc(F)c(F)c1)N1CCOC(c2cccc(F)c2)C1. The largest absolute Gasteiger partial charge is 0.492 e. The van der Waals surface area contributed by atoms with Gasteiger partial charge in [0.25, 0.3) is 0 Å². The number of carbonyl (C=O) groups excluding carboxylic acids is 1. The van der Waals surface area contributed by atoms with Crippen molar-refractivity contribution >= 4 is 6.03 Å². The molecule has 1 aliphatic heterocycles. The minimum absolute atomic E-state index is 0.106. The van der Waals surface area contributed by atoms with E-state index < -0.39 is 17.7 Å². The van der Waals surface area contributed by atoms with Crippen molar-refractivity contribution in [2.24, 2.45) is 0 Å². The fraction of sp³-hybridized carbons (Fsp3) is 0.316. The number of nitrogens with zero attached hydrogens (tertiary/aromatic N) is 1. The molecule has 1 saturated heterocycles. The van der Waals surface area contributed by atoms with Gasteiger partial charge in [-0.15, -0.1) is 0 Å². The lowest BCUT2D eigenvalue weighted by Crippen LogP contribution is -2.47. The normalized spacial score (nSPS) is 16.9. The molecule has 1 N–H and O–H groups in total. The smallest absolute Gasteiger partial charge is 0.317 e. The molecule has 1 fully saturated rings. The van der Waals surface area contributed by atoms with E-state index in [1.807, 2.05) is 0 Å². The third kappa shape index (κ3) is 5.13. The van der Waals surface area contributed by atoms with Crippen LogP contribution in [0.25, 0.3) is 0 Å². The van der Waals surface area contributed by atoms with Gasteiger partial charge < -0.3 is 19.7 Å². The number of benzene rings is 2. The highest BCUT2D eigenvalue weighted by Crippen LogP contribution is 2.22. The molecule has 5 nitrogen and oxygen atoms in total. The van der Waals surface area contributed by atoms with E-state index in [9.17, 15) is 18.0 Å². The number of hydrogen-bond acceptors (Lipinski definition) is 3. The molecule has 2 amide bonds. The van der Waals surface area contributed by atoms with Crippen LogP contribution in [-0.2, 0) is 4.74 Å². The van der Waals surface area contributed by atoms with Crippen LogP contribution in [0.5, 0.6) is 5.75 Å². The topological polar surface area (TPSA) is 50.8 Å². The summed E-state index contributed by atoms with van der Waals surface area (Å²) in [6.07, 6.45) is -0.390. The summed E-state index contributed by atoms with van der Waals surface area (Å²) in [7, 11) is 0. The molecule has 1 unspecified atom stereocenters. The maximum absolute atomic E-state index is 13.4. The first kappa shape index (κ1) is 19.0. The molecule has 2 aromatic carbocycles. The van der Waals surface area contributed by atoms with Crippen LogP contribution in [0, 0.1) is 17.5 Å². The van der Waals surface area contributed by atoms with Crippen molar-refractivity contribution in [2.75, 3.05) is 32.8 Å². The number of halogens is 3. The Labute approximate surface area is 154 Å². The zero-order chi connectivity index (χ0) is 19.2. The van der Waals surface area contributed by atoms with Crippen LogP contribution in [0.1, 0.15) is 11.7 Å². The fourth-order valence-electron chi connectivity index (χ4n) is 2.75. The van der Waals surface area contributed by atoms with Crippen molar-refractivity contribution in [1.82, 2.24) is 10.2 Å². The van der Waals surface area contributed by atoms with E-state index >= 15 is 0 Å². The van der Waals surface area contributed by atoms with Crippen LogP contribution in [0.2, 0.25) is 0 Å². The van der Waals surface area contributed by atoms with Crippen LogP contribution < -0.4 is 10.1 Å². The summed E-state index contributed by atoms with van der Waals surface area (Å²) < 4.78 is 50.2. The number of morpholine rings is 1. The molecule has 27 heavy (non-hydrogen) atoms. The summed E-state index contributed by atoms with van der Waals surface area (Å²) in [6, 6.07) is 9.03. The highest BCUT2D eigenvalue weighted by Gasteiger charge is 2.25. The quantitative estimate of drug-likeness (QED) is 0.810. The Hall–Kier alpha value is -2.74.